The number of nitrogens with zero attached hydrogens (tertiary/aromatic N) is 2. The molecule has 0 fully saturated rings. The average Bonchev–Trinajstić information content (AvgIpc) is 2.46. The topological polar surface area (TPSA) is 67.8 Å². The van der Waals surface area contributed by atoms with Crippen molar-refractivity contribution in [2.24, 2.45) is 15.7 Å². The number of hydrogen-bond acceptors (Lipinski definition) is 4. The molecule has 0 radical (unpaired) electrons. The fourth-order valence-electron chi connectivity index (χ4n) is 1.33. The molecule has 2 aliphatic heterocycles. The standard InChI is InChI=1S/C7H9N3OS/c8-6(11)7-10-4-1-2-9-3-5(4)12-7/h2,4-5H,1,3H2,(H2,8,11). The third-order valence-corrected chi connectivity index (χ3v) is 3.24. The molecule has 1 amide bonds. The zero-order valence-corrected chi connectivity index (χ0v) is 7.25. The number of nitrogens with two attached hydrogens (primary N) is 1. The molecule has 12 heavy (non-hydrogen) atoms. The summed E-state index contributed by atoms with van der Waals surface area (Å²) in [7, 11) is 0. The molecule has 0 aliphatic carbocycles. The van der Waals surface area contributed by atoms with Gasteiger partial charge in [-0.15, -0.1) is 0 Å². The van der Waals surface area contributed by atoms with Gasteiger partial charge >= 0.3 is 0 Å². The number of primary amides is 1. The van der Waals surface area contributed by atoms with Gasteiger partial charge in [-0.2, -0.15) is 0 Å². The normalized spacial score (nSPS) is 32.8. The van der Waals surface area contributed by atoms with E-state index in [1.807, 2.05) is 6.21 Å². The van der Waals surface area contributed by atoms with E-state index >= 15 is 0 Å². The van der Waals surface area contributed by atoms with E-state index in [1.165, 1.54) is 11.8 Å². The molecule has 0 aromatic heterocycles. The molecule has 2 heterocycles. The van der Waals surface area contributed by atoms with E-state index in [0.717, 1.165) is 13.0 Å². The highest BCUT2D eigenvalue weighted by atomic mass is 32.2. The van der Waals surface area contributed by atoms with Gasteiger partial charge in [-0.05, 0) is 0 Å². The maximum absolute atomic E-state index is 10.8. The van der Waals surface area contributed by atoms with Crippen molar-refractivity contribution in [2.75, 3.05) is 6.54 Å². The second kappa shape index (κ2) is 2.90. The van der Waals surface area contributed by atoms with Crippen LogP contribution in [0.5, 0.6) is 0 Å². The summed E-state index contributed by atoms with van der Waals surface area (Å²) in [5.74, 6) is -0.408. The summed E-state index contributed by atoms with van der Waals surface area (Å²) in [5.41, 5.74) is 5.12. The molecule has 0 aromatic rings. The molecule has 4 nitrogen and oxygen atoms in total. The Bertz CT molecular complexity index is 274. The van der Waals surface area contributed by atoms with E-state index in [9.17, 15) is 4.79 Å². The first-order chi connectivity index (χ1) is 5.77. The van der Waals surface area contributed by atoms with Crippen molar-refractivity contribution in [1.82, 2.24) is 0 Å². The number of thioether (sulfide) groups is 1. The van der Waals surface area contributed by atoms with Crippen molar-refractivity contribution in [3.05, 3.63) is 0 Å². The Morgan fingerprint density at radius 2 is 2.58 bits per heavy atom. The third kappa shape index (κ3) is 1.24. The van der Waals surface area contributed by atoms with Crippen molar-refractivity contribution < 1.29 is 4.79 Å². The maximum atomic E-state index is 10.8. The predicted octanol–water partition coefficient (Wildman–Crippen LogP) is -0.171. The van der Waals surface area contributed by atoms with Crippen molar-refractivity contribution in [3.8, 4) is 0 Å². The summed E-state index contributed by atoms with van der Waals surface area (Å²) in [6.45, 7) is 0.760. The maximum Gasteiger partial charge on any atom is 0.273 e. The van der Waals surface area contributed by atoms with Gasteiger partial charge in [0.15, 0.2) is 5.04 Å². The summed E-state index contributed by atoms with van der Waals surface area (Å²) in [4.78, 5) is 19.1. The van der Waals surface area contributed by atoms with Gasteiger partial charge in [0.25, 0.3) is 5.91 Å². The molecule has 0 saturated heterocycles. The molecule has 0 bridgehead atoms. The Hall–Kier alpha value is -0.840. The smallest absolute Gasteiger partial charge is 0.273 e. The Balaban J connectivity index is 2.13. The molecule has 0 saturated carbocycles. The number of carbonyl (C=O) groups excluding carboxylic acids is 1. The fraction of sp³-hybridized carbons (Fsp3) is 0.571. The van der Waals surface area contributed by atoms with Crippen LogP contribution in [-0.2, 0) is 4.79 Å². The largest absolute Gasteiger partial charge is 0.364 e. The lowest BCUT2D eigenvalue weighted by atomic mass is 10.1. The van der Waals surface area contributed by atoms with Crippen LogP contribution in [0.1, 0.15) is 6.42 Å². The van der Waals surface area contributed by atoms with Gasteiger partial charge in [-0.25, -0.2) is 0 Å². The van der Waals surface area contributed by atoms with Crippen LogP contribution in [-0.4, -0.2) is 35.0 Å². The summed E-state index contributed by atoms with van der Waals surface area (Å²) in [6.07, 6.45) is 2.71. The van der Waals surface area contributed by atoms with Crippen molar-refractivity contribution in [2.45, 2.75) is 17.7 Å². The van der Waals surface area contributed by atoms with Crippen molar-refractivity contribution in [1.29, 1.82) is 0 Å². The van der Waals surface area contributed by atoms with Crippen LogP contribution in [0.25, 0.3) is 0 Å². The molecular weight excluding hydrogens is 174 g/mol. The zero-order chi connectivity index (χ0) is 8.55. The minimum absolute atomic E-state index is 0.231. The van der Waals surface area contributed by atoms with E-state index in [1.54, 1.807) is 0 Å². The quantitative estimate of drug-likeness (QED) is 0.613. The van der Waals surface area contributed by atoms with Gasteiger partial charge in [0.05, 0.1) is 17.8 Å². The number of hydrogen-bond donors (Lipinski definition) is 1. The highest BCUT2D eigenvalue weighted by molar-refractivity contribution is 8.16. The average molecular weight is 183 g/mol. The summed E-state index contributed by atoms with van der Waals surface area (Å²) >= 11 is 1.46. The van der Waals surface area contributed by atoms with Crippen LogP contribution >= 0.6 is 11.8 Å². The second-order valence-electron chi connectivity index (χ2n) is 2.81. The van der Waals surface area contributed by atoms with Crippen LogP contribution < -0.4 is 5.73 Å². The SMILES string of the molecule is NC(=O)C1=NC2CC=NCC2S1. The Labute approximate surface area is 74.3 Å². The Morgan fingerprint density at radius 1 is 1.75 bits per heavy atom. The van der Waals surface area contributed by atoms with Crippen molar-refractivity contribution >= 4 is 28.9 Å². The molecule has 64 valence electrons. The fourth-order valence-corrected chi connectivity index (χ4v) is 2.42. The van der Waals surface area contributed by atoms with Gasteiger partial charge in [0.2, 0.25) is 0 Å². The highest BCUT2D eigenvalue weighted by Crippen LogP contribution is 2.30. The lowest BCUT2D eigenvalue weighted by Gasteiger charge is -2.16. The second-order valence-corrected chi connectivity index (χ2v) is 4.03. The minimum Gasteiger partial charge on any atom is -0.364 e. The first-order valence-electron chi connectivity index (χ1n) is 3.80. The number of amides is 1. The molecule has 2 N–H and O–H groups in total. The third-order valence-electron chi connectivity index (χ3n) is 1.95. The van der Waals surface area contributed by atoms with Crippen LogP contribution in [0.15, 0.2) is 9.98 Å². The molecule has 2 atom stereocenters. The van der Waals surface area contributed by atoms with Gasteiger partial charge in [-0.3, -0.25) is 14.8 Å². The summed E-state index contributed by atoms with van der Waals surface area (Å²) in [6, 6.07) is 0.231. The van der Waals surface area contributed by atoms with Crippen LogP contribution in [0, 0.1) is 0 Å². The first-order valence-corrected chi connectivity index (χ1v) is 4.68. The van der Waals surface area contributed by atoms with Crippen LogP contribution in [0.2, 0.25) is 0 Å². The molecular formula is C7H9N3OS. The van der Waals surface area contributed by atoms with E-state index in [2.05, 4.69) is 9.98 Å². The zero-order valence-electron chi connectivity index (χ0n) is 6.43. The molecule has 2 rings (SSSR count). The number of aliphatic imine (C=N–C) groups is 2. The minimum atomic E-state index is -0.408. The monoisotopic (exact) mass is 183 g/mol. The molecule has 2 unspecified atom stereocenters. The van der Waals surface area contributed by atoms with E-state index in [0.29, 0.717) is 10.3 Å². The predicted molar refractivity (Wildman–Crippen MR) is 49.8 cm³/mol. The Kier molecular flexibility index (Phi) is 1.88. The first kappa shape index (κ1) is 7.79. The Morgan fingerprint density at radius 3 is 3.25 bits per heavy atom. The lowest BCUT2D eigenvalue weighted by Crippen LogP contribution is -2.24. The van der Waals surface area contributed by atoms with Crippen LogP contribution in [0.4, 0.5) is 0 Å². The lowest BCUT2D eigenvalue weighted by molar-refractivity contribution is -0.111. The van der Waals surface area contributed by atoms with E-state index < -0.39 is 5.91 Å². The number of carbonyl (C=O) groups is 1. The van der Waals surface area contributed by atoms with E-state index in [-0.39, 0.29) is 6.04 Å². The number of fused-ring (bicyclic) bond motifs is 1. The summed E-state index contributed by atoms with van der Waals surface area (Å²) < 4.78 is 0. The molecule has 2 aliphatic rings. The molecule has 0 aromatic carbocycles. The van der Waals surface area contributed by atoms with Gasteiger partial charge in [-0.1, -0.05) is 11.8 Å². The summed E-state index contributed by atoms with van der Waals surface area (Å²) in [5, 5.41) is 0.813. The molecule has 5 heteroatoms. The van der Waals surface area contributed by atoms with Crippen molar-refractivity contribution in [3.63, 3.8) is 0 Å². The molecule has 0 spiro atoms. The van der Waals surface area contributed by atoms with Crippen LogP contribution in [0.3, 0.4) is 0 Å². The van der Waals surface area contributed by atoms with Gasteiger partial charge in [0, 0.05) is 12.6 Å². The highest BCUT2D eigenvalue weighted by Gasteiger charge is 2.32. The van der Waals surface area contributed by atoms with Gasteiger partial charge in [0.1, 0.15) is 0 Å². The van der Waals surface area contributed by atoms with E-state index in [4.69, 9.17) is 5.73 Å². The van der Waals surface area contributed by atoms with Gasteiger partial charge < -0.3 is 5.73 Å². The number of rotatable bonds is 1.